The molecule has 6 heteroatoms. The highest BCUT2D eigenvalue weighted by molar-refractivity contribution is 7.80. The van der Waals surface area contributed by atoms with Crippen molar-refractivity contribution in [2.24, 2.45) is 0 Å². The van der Waals surface area contributed by atoms with Crippen LogP contribution in [0.3, 0.4) is 0 Å². The van der Waals surface area contributed by atoms with Gasteiger partial charge in [0.05, 0.1) is 18.2 Å². The molecule has 0 spiro atoms. The van der Waals surface area contributed by atoms with Crippen LogP contribution in [0.1, 0.15) is 23.2 Å². The Kier molecular flexibility index (Phi) is 5.41. The molecule has 5 nitrogen and oxygen atoms in total. The highest BCUT2D eigenvalue weighted by Gasteiger charge is 2.30. The molecule has 0 amide bonds. The van der Waals surface area contributed by atoms with E-state index in [0.29, 0.717) is 30.1 Å². The summed E-state index contributed by atoms with van der Waals surface area (Å²) in [5.74, 6) is -0.940. The zero-order valence-electron chi connectivity index (χ0n) is 11.5. The summed E-state index contributed by atoms with van der Waals surface area (Å²) in [6.45, 7) is 1.04. The predicted molar refractivity (Wildman–Crippen MR) is 81.6 cm³/mol. The summed E-state index contributed by atoms with van der Waals surface area (Å²) in [5, 5.41) is 9.16. The van der Waals surface area contributed by atoms with E-state index in [9.17, 15) is 9.59 Å². The Labute approximate surface area is 128 Å². The zero-order valence-corrected chi connectivity index (χ0v) is 12.3. The number of rotatable bonds is 5. The lowest BCUT2D eigenvalue weighted by Crippen LogP contribution is -2.52. The summed E-state index contributed by atoms with van der Waals surface area (Å²) in [7, 11) is 0. The molecule has 1 aliphatic rings. The predicted octanol–water partition coefficient (Wildman–Crippen LogP) is 1.76. The van der Waals surface area contributed by atoms with Crippen LogP contribution in [0.2, 0.25) is 0 Å². The maximum absolute atomic E-state index is 12.0. The molecule has 1 heterocycles. The fourth-order valence-electron chi connectivity index (χ4n) is 2.24. The summed E-state index contributed by atoms with van der Waals surface area (Å²) in [4.78, 5) is 25.4. The number of Topliss-reactive ketones (excluding diaryl/α,β-unsaturated/α-hetero) is 1. The van der Waals surface area contributed by atoms with E-state index in [2.05, 4.69) is 0 Å². The Hall–Kier alpha value is -1.79. The molecule has 21 heavy (non-hydrogen) atoms. The number of nitrogens with zero attached hydrogens (tertiary/aromatic N) is 1. The number of benzene rings is 1. The fourth-order valence-corrected chi connectivity index (χ4v) is 2.56. The third kappa shape index (κ3) is 4.09. The topological polar surface area (TPSA) is 66.8 Å². The standard InChI is InChI=1S/C15H17NO4S/c17-13(11-4-2-1-3-5-11)6-7-14(21)16-8-9-20-10-12(16)15(18)19/h1-5,12H,6-10H2,(H,18,19). The lowest BCUT2D eigenvalue weighted by molar-refractivity contribution is -0.146. The van der Waals surface area contributed by atoms with Gasteiger partial charge in [-0.15, -0.1) is 0 Å². The Morgan fingerprint density at radius 1 is 1.29 bits per heavy atom. The number of thiocarbonyl (C=S) groups is 1. The number of ether oxygens (including phenoxy) is 1. The molecule has 1 atom stereocenters. The van der Waals surface area contributed by atoms with Crippen molar-refractivity contribution in [1.29, 1.82) is 0 Å². The monoisotopic (exact) mass is 307 g/mol. The third-order valence-electron chi connectivity index (χ3n) is 3.40. The van der Waals surface area contributed by atoms with E-state index in [1.807, 2.05) is 18.2 Å². The molecule has 0 bridgehead atoms. The maximum atomic E-state index is 12.0. The van der Waals surface area contributed by atoms with Crippen LogP contribution >= 0.6 is 12.2 Å². The van der Waals surface area contributed by atoms with Crippen LogP contribution in [0, 0.1) is 0 Å². The summed E-state index contributed by atoms with van der Waals surface area (Å²) >= 11 is 5.29. The molecule has 1 saturated heterocycles. The number of hydrogen-bond donors (Lipinski definition) is 1. The lowest BCUT2D eigenvalue weighted by atomic mass is 10.1. The molecule has 1 aliphatic heterocycles. The van der Waals surface area contributed by atoms with E-state index in [1.165, 1.54) is 0 Å². The van der Waals surface area contributed by atoms with Crippen molar-refractivity contribution in [1.82, 2.24) is 4.90 Å². The normalized spacial score (nSPS) is 18.3. The second-order valence-corrected chi connectivity index (χ2v) is 5.28. The molecule has 1 fully saturated rings. The van der Waals surface area contributed by atoms with Crippen molar-refractivity contribution in [3.63, 3.8) is 0 Å². The molecule has 0 radical (unpaired) electrons. The maximum Gasteiger partial charge on any atom is 0.328 e. The lowest BCUT2D eigenvalue weighted by Gasteiger charge is -2.34. The number of aliphatic carboxylic acids is 1. The van der Waals surface area contributed by atoms with E-state index < -0.39 is 12.0 Å². The molecule has 1 unspecified atom stereocenters. The smallest absolute Gasteiger partial charge is 0.328 e. The first-order valence-electron chi connectivity index (χ1n) is 6.78. The first-order chi connectivity index (χ1) is 10.1. The highest BCUT2D eigenvalue weighted by atomic mass is 32.1. The zero-order chi connectivity index (χ0) is 15.2. The summed E-state index contributed by atoms with van der Waals surface area (Å²) < 4.78 is 5.17. The number of ketones is 1. The summed E-state index contributed by atoms with van der Waals surface area (Å²) in [6, 6.07) is 8.26. The number of carboxylic acid groups (broad SMARTS) is 1. The first-order valence-corrected chi connectivity index (χ1v) is 7.18. The number of carbonyl (C=O) groups is 2. The second-order valence-electron chi connectivity index (χ2n) is 4.81. The van der Waals surface area contributed by atoms with Gasteiger partial charge in [-0.3, -0.25) is 4.79 Å². The van der Waals surface area contributed by atoms with Gasteiger partial charge >= 0.3 is 5.97 Å². The van der Waals surface area contributed by atoms with Gasteiger partial charge in [0.1, 0.15) is 0 Å². The molecule has 0 saturated carbocycles. The molecular formula is C15H17NO4S. The summed E-state index contributed by atoms with van der Waals surface area (Å²) in [6.07, 6.45) is 0.666. The van der Waals surface area contributed by atoms with Crippen LogP contribution in [-0.2, 0) is 9.53 Å². The number of carboxylic acids is 1. The van der Waals surface area contributed by atoms with Crippen molar-refractivity contribution >= 4 is 29.0 Å². The van der Waals surface area contributed by atoms with Crippen molar-refractivity contribution in [2.75, 3.05) is 19.8 Å². The van der Waals surface area contributed by atoms with Gasteiger partial charge in [-0.1, -0.05) is 42.5 Å². The largest absolute Gasteiger partial charge is 0.480 e. The molecule has 112 valence electrons. The molecule has 2 rings (SSSR count). The average Bonchev–Trinajstić information content (AvgIpc) is 2.53. The minimum absolute atomic E-state index is 0.0121. The third-order valence-corrected chi connectivity index (χ3v) is 3.83. The molecule has 1 aromatic rings. The van der Waals surface area contributed by atoms with E-state index in [0.717, 1.165) is 0 Å². The van der Waals surface area contributed by atoms with Crippen LogP contribution in [0.15, 0.2) is 30.3 Å². The van der Waals surface area contributed by atoms with Crippen LogP contribution in [0.25, 0.3) is 0 Å². The molecule has 0 aliphatic carbocycles. The van der Waals surface area contributed by atoms with Gasteiger partial charge in [0.2, 0.25) is 0 Å². The minimum atomic E-state index is -0.952. The van der Waals surface area contributed by atoms with Gasteiger partial charge < -0.3 is 14.7 Å². The Balaban J connectivity index is 1.92. The van der Waals surface area contributed by atoms with Crippen LogP contribution in [0.4, 0.5) is 0 Å². The Morgan fingerprint density at radius 2 is 2.00 bits per heavy atom. The van der Waals surface area contributed by atoms with Gasteiger partial charge in [0.25, 0.3) is 0 Å². The highest BCUT2D eigenvalue weighted by Crippen LogP contribution is 2.13. The molecule has 1 N–H and O–H groups in total. The Bertz CT molecular complexity index is 532. The van der Waals surface area contributed by atoms with E-state index in [1.54, 1.807) is 17.0 Å². The Morgan fingerprint density at radius 3 is 2.67 bits per heavy atom. The van der Waals surface area contributed by atoms with Gasteiger partial charge in [-0.05, 0) is 0 Å². The number of hydrogen-bond acceptors (Lipinski definition) is 4. The minimum Gasteiger partial charge on any atom is -0.480 e. The van der Waals surface area contributed by atoms with Crippen LogP contribution < -0.4 is 0 Å². The van der Waals surface area contributed by atoms with Crippen LogP contribution in [-0.4, -0.2) is 52.5 Å². The SMILES string of the molecule is O=C(CCC(=S)N1CCOCC1C(=O)O)c1ccccc1. The van der Waals surface area contributed by atoms with Crippen molar-refractivity contribution in [2.45, 2.75) is 18.9 Å². The van der Waals surface area contributed by atoms with Crippen molar-refractivity contribution in [3.05, 3.63) is 35.9 Å². The van der Waals surface area contributed by atoms with Gasteiger partial charge in [-0.25, -0.2) is 4.79 Å². The average molecular weight is 307 g/mol. The fraction of sp³-hybridized carbons (Fsp3) is 0.400. The number of carbonyl (C=O) groups excluding carboxylic acids is 1. The van der Waals surface area contributed by atoms with E-state index in [4.69, 9.17) is 22.1 Å². The molecule has 1 aromatic carbocycles. The number of morpholine rings is 1. The van der Waals surface area contributed by atoms with Gasteiger partial charge in [0.15, 0.2) is 11.8 Å². The van der Waals surface area contributed by atoms with E-state index >= 15 is 0 Å². The molecule has 0 aromatic heterocycles. The summed E-state index contributed by atoms with van der Waals surface area (Å²) in [5.41, 5.74) is 0.650. The van der Waals surface area contributed by atoms with Gasteiger partial charge in [0, 0.05) is 24.9 Å². The van der Waals surface area contributed by atoms with Crippen LogP contribution in [0.5, 0.6) is 0 Å². The van der Waals surface area contributed by atoms with Crippen molar-refractivity contribution in [3.8, 4) is 0 Å². The second kappa shape index (κ2) is 7.28. The molecular weight excluding hydrogens is 290 g/mol. The van der Waals surface area contributed by atoms with Crippen molar-refractivity contribution < 1.29 is 19.4 Å². The van der Waals surface area contributed by atoms with Gasteiger partial charge in [-0.2, -0.15) is 0 Å². The quantitative estimate of drug-likeness (QED) is 0.660. The van der Waals surface area contributed by atoms with E-state index in [-0.39, 0.29) is 18.8 Å². The first kappa shape index (κ1) is 15.6.